The molecule has 0 saturated heterocycles. The van der Waals surface area contributed by atoms with Crippen molar-refractivity contribution in [3.63, 3.8) is 0 Å². The first-order valence-corrected chi connectivity index (χ1v) is 8.39. The largest absolute Gasteiger partial charge is 0.468 e. The topological polar surface area (TPSA) is 139 Å². The van der Waals surface area contributed by atoms with Crippen LogP contribution in [-0.4, -0.2) is 63.9 Å². The Morgan fingerprint density at radius 1 is 0.571 bits per heavy atom. The van der Waals surface area contributed by atoms with Gasteiger partial charge in [0.25, 0.3) is 0 Å². The van der Waals surface area contributed by atoms with Crippen LogP contribution in [0.5, 0.6) is 0 Å². The zero-order valence-corrected chi connectivity index (χ0v) is 16.4. The molecule has 2 fully saturated rings. The zero-order chi connectivity index (χ0) is 21.6. The highest BCUT2D eigenvalue weighted by Crippen LogP contribution is 2.70. The van der Waals surface area contributed by atoms with Gasteiger partial charge in [0.2, 0.25) is 0 Å². The molecule has 2 aliphatic carbocycles. The van der Waals surface area contributed by atoms with E-state index in [1.165, 1.54) is 13.8 Å². The second-order valence-electron chi connectivity index (χ2n) is 7.19. The van der Waals surface area contributed by atoms with Crippen molar-refractivity contribution in [2.75, 3.05) is 28.4 Å². The van der Waals surface area contributed by atoms with E-state index in [9.17, 15) is 28.8 Å². The van der Waals surface area contributed by atoms with Crippen molar-refractivity contribution in [3.05, 3.63) is 0 Å². The number of ketones is 2. The molecule has 28 heavy (non-hydrogen) atoms. The van der Waals surface area contributed by atoms with Gasteiger partial charge in [-0.05, 0) is 0 Å². The quantitative estimate of drug-likeness (QED) is 0.340. The number of Topliss-reactive ketones (excluding diaryl/α,β-unsaturated/α-hetero) is 2. The predicted octanol–water partition coefficient (Wildman–Crippen LogP) is -0.679. The highest BCUT2D eigenvalue weighted by atomic mass is 16.5. The van der Waals surface area contributed by atoms with Crippen molar-refractivity contribution in [3.8, 4) is 0 Å². The van der Waals surface area contributed by atoms with E-state index < -0.39 is 69.9 Å². The number of hydrogen-bond acceptors (Lipinski definition) is 10. The van der Waals surface area contributed by atoms with E-state index in [4.69, 9.17) is 18.9 Å². The molecule has 2 unspecified atom stereocenters. The summed E-state index contributed by atoms with van der Waals surface area (Å²) in [5.41, 5.74) is -3.56. The third-order valence-electron chi connectivity index (χ3n) is 6.45. The maximum Gasteiger partial charge on any atom is 0.316 e. The van der Waals surface area contributed by atoms with Crippen LogP contribution in [0.2, 0.25) is 0 Å². The summed E-state index contributed by atoms with van der Waals surface area (Å²) in [6.07, 6.45) is 0. The minimum Gasteiger partial charge on any atom is -0.468 e. The molecule has 0 heterocycles. The Hall–Kier alpha value is -2.78. The van der Waals surface area contributed by atoms with E-state index in [-0.39, 0.29) is 0 Å². The summed E-state index contributed by atoms with van der Waals surface area (Å²) in [6, 6.07) is 0. The van der Waals surface area contributed by atoms with E-state index in [0.29, 0.717) is 0 Å². The highest BCUT2D eigenvalue weighted by Gasteiger charge is 2.82. The minimum atomic E-state index is -1.78. The van der Waals surface area contributed by atoms with Gasteiger partial charge in [0.05, 0.1) is 28.4 Å². The number of esters is 4. The summed E-state index contributed by atoms with van der Waals surface area (Å²) in [7, 11) is 4.12. The molecule has 154 valence electrons. The summed E-state index contributed by atoms with van der Waals surface area (Å²) in [6.45, 7) is 2.66. The van der Waals surface area contributed by atoms with Gasteiger partial charge in [-0.15, -0.1) is 0 Å². The van der Waals surface area contributed by atoms with Gasteiger partial charge in [-0.25, -0.2) is 0 Å². The standard InChI is InChI=1S/C18H22O10/c1-17-7(13(21)25-3)11(19)9(15(23)27-5)18(17,2)10(16(24)28-6)12(20)8(17)14(22)26-4/h7-10H,1-6H3/t7-,8-,9-,10+,17?,18?/m0/s1. The Bertz CT molecular complexity index is 650. The first-order valence-electron chi connectivity index (χ1n) is 8.39. The Morgan fingerprint density at radius 3 is 0.893 bits per heavy atom. The Labute approximate surface area is 160 Å². The monoisotopic (exact) mass is 398 g/mol. The molecule has 0 amide bonds. The smallest absolute Gasteiger partial charge is 0.316 e. The minimum absolute atomic E-state index is 0.890. The van der Waals surface area contributed by atoms with Crippen molar-refractivity contribution in [2.24, 2.45) is 34.5 Å². The molecule has 10 heteroatoms. The molecule has 0 aliphatic heterocycles. The molecule has 6 atom stereocenters. The van der Waals surface area contributed by atoms with Crippen LogP contribution in [0.3, 0.4) is 0 Å². The molecule has 0 aromatic heterocycles. The van der Waals surface area contributed by atoms with E-state index in [1.54, 1.807) is 0 Å². The highest BCUT2D eigenvalue weighted by molar-refractivity contribution is 6.20. The number of rotatable bonds is 4. The van der Waals surface area contributed by atoms with Crippen LogP contribution in [-0.2, 0) is 47.7 Å². The van der Waals surface area contributed by atoms with Crippen molar-refractivity contribution in [1.29, 1.82) is 0 Å². The van der Waals surface area contributed by atoms with Crippen LogP contribution >= 0.6 is 0 Å². The molecule has 0 N–H and O–H groups in total. The van der Waals surface area contributed by atoms with Crippen LogP contribution in [0.25, 0.3) is 0 Å². The third-order valence-corrected chi connectivity index (χ3v) is 6.45. The molecule has 0 spiro atoms. The molecule has 2 saturated carbocycles. The van der Waals surface area contributed by atoms with Gasteiger partial charge >= 0.3 is 23.9 Å². The van der Waals surface area contributed by atoms with Crippen LogP contribution in [0.1, 0.15) is 13.8 Å². The summed E-state index contributed by atoms with van der Waals surface area (Å²) in [5.74, 6) is -12.5. The Morgan fingerprint density at radius 2 is 0.750 bits per heavy atom. The lowest BCUT2D eigenvalue weighted by molar-refractivity contribution is -0.165. The molecule has 0 radical (unpaired) electrons. The summed E-state index contributed by atoms with van der Waals surface area (Å²) < 4.78 is 18.8. The van der Waals surface area contributed by atoms with Gasteiger partial charge in [-0.2, -0.15) is 0 Å². The van der Waals surface area contributed by atoms with E-state index in [0.717, 1.165) is 28.4 Å². The number of hydrogen-bond donors (Lipinski definition) is 0. The number of methoxy groups -OCH3 is 4. The molecule has 0 aromatic rings. The van der Waals surface area contributed by atoms with Crippen LogP contribution in [0.15, 0.2) is 0 Å². The average Bonchev–Trinajstić information content (AvgIpc) is 2.94. The molecule has 0 bridgehead atoms. The lowest BCUT2D eigenvalue weighted by Gasteiger charge is -2.41. The van der Waals surface area contributed by atoms with Gasteiger partial charge in [0.15, 0.2) is 11.6 Å². The lowest BCUT2D eigenvalue weighted by atomic mass is 9.58. The van der Waals surface area contributed by atoms with Crippen LogP contribution < -0.4 is 0 Å². The SMILES string of the molecule is COC(=O)[C@@H]1C(=O)[C@@H](C(=O)OC)C2(C)[C@@H](C(=O)OC)C(=O)[C@@H](C(=O)OC)C12C. The maximum atomic E-state index is 13.1. The third kappa shape index (κ3) is 2.33. The number of ether oxygens (including phenoxy) is 4. The van der Waals surface area contributed by atoms with Crippen LogP contribution in [0.4, 0.5) is 0 Å². The molecular weight excluding hydrogens is 376 g/mol. The lowest BCUT2D eigenvalue weighted by Crippen LogP contribution is -2.48. The van der Waals surface area contributed by atoms with Gasteiger partial charge in [-0.1, -0.05) is 13.8 Å². The molecular formula is C18H22O10. The van der Waals surface area contributed by atoms with Gasteiger partial charge < -0.3 is 18.9 Å². The van der Waals surface area contributed by atoms with Crippen molar-refractivity contribution in [1.82, 2.24) is 0 Å². The Balaban J connectivity index is 2.92. The fourth-order valence-electron chi connectivity index (χ4n) is 5.01. The van der Waals surface area contributed by atoms with Crippen molar-refractivity contribution in [2.45, 2.75) is 13.8 Å². The van der Waals surface area contributed by atoms with Crippen molar-refractivity contribution >= 4 is 35.4 Å². The van der Waals surface area contributed by atoms with E-state index in [1.807, 2.05) is 0 Å². The summed E-state index contributed by atoms with van der Waals surface area (Å²) in [5, 5.41) is 0. The number of carbonyl (C=O) groups excluding carboxylic acids is 6. The van der Waals surface area contributed by atoms with Gasteiger partial charge in [-0.3, -0.25) is 28.8 Å². The summed E-state index contributed by atoms with van der Waals surface area (Å²) >= 11 is 0. The zero-order valence-electron chi connectivity index (χ0n) is 16.4. The first-order chi connectivity index (χ1) is 13.0. The maximum absolute atomic E-state index is 13.1. The number of fused-ring (bicyclic) bond motifs is 1. The van der Waals surface area contributed by atoms with E-state index in [2.05, 4.69) is 0 Å². The molecule has 0 aromatic carbocycles. The van der Waals surface area contributed by atoms with Crippen LogP contribution in [0, 0.1) is 34.5 Å². The summed E-state index contributed by atoms with van der Waals surface area (Å²) in [4.78, 5) is 76.3. The second kappa shape index (κ2) is 6.99. The van der Waals surface area contributed by atoms with Gasteiger partial charge in [0.1, 0.15) is 23.7 Å². The van der Waals surface area contributed by atoms with Crippen molar-refractivity contribution < 1.29 is 47.7 Å². The normalized spacial score (nSPS) is 36.5. The second-order valence-corrected chi connectivity index (χ2v) is 7.19. The predicted molar refractivity (Wildman–Crippen MR) is 88.3 cm³/mol. The average molecular weight is 398 g/mol. The molecule has 2 rings (SSSR count). The fraction of sp³-hybridized carbons (Fsp3) is 0.667. The number of carbonyl (C=O) groups is 6. The Kier molecular flexibility index (Phi) is 5.37. The first kappa shape index (κ1) is 21.5. The fourth-order valence-corrected chi connectivity index (χ4v) is 5.01. The van der Waals surface area contributed by atoms with Gasteiger partial charge in [0, 0.05) is 10.8 Å². The van der Waals surface area contributed by atoms with E-state index >= 15 is 0 Å². The molecule has 10 nitrogen and oxygen atoms in total. The molecule has 2 aliphatic rings.